The lowest BCUT2D eigenvalue weighted by atomic mass is 9.88. The standard InChI is InChI=1S/C17H34N2O4/c1-4-23-15(21)10-6-5-8-12-18-16(22)19-13-9-7-11-17(2,3)14-20/h20H,4-14H2,1-3H3,(H2,18,19,22). The molecule has 0 aliphatic rings. The zero-order valence-corrected chi connectivity index (χ0v) is 15.0. The van der Waals surface area contributed by atoms with E-state index in [9.17, 15) is 9.59 Å². The Labute approximate surface area is 140 Å². The van der Waals surface area contributed by atoms with Gasteiger partial charge >= 0.3 is 12.0 Å². The van der Waals surface area contributed by atoms with Crippen LogP contribution in [0, 0.1) is 5.41 Å². The van der Waals surface area contributed by atoms with E-state index in [2.05, 4.69) is 10.6 Å². The molecule has 2 amide bonds. The van der Waals surface area contributed by atoms with Crippen LogP contribution in [0.4, 0.5) is 4.79 Å². The predicted octanol–water partition coefficient (Wildman–Crippen LogP) is 2.60. The van der Waals surface area contributed by atoms with Crippen molar-refractivity contribution in [3.05, 3.63) is 0 Å². The van der Waals surface area contributed by atoms with E-state index in [1.807, 2.05) is 13.8 Å². The van der Waals surface area contributed by atoms with Gasteiger partial charge in [-0.3, -0.25) is 4.79 Å². The van der Waals surface area contributed by atoms with Crippen LogP contribution < -0.4 is 10.6 Å². The Morgan fingerprint density at radius 3 is 2.17 bits per heavy atom. The number of ether oxygens (including phenoxy) is 1. The van der Waals surface area contributed by atoms with Crippen molar-refractivity contribution >= 4 is 12.0 Å². The molecule has 0 heterocycles. The highest BCUT2D eigenvalue weighted by Crippen LogP contribution is 2.21. The monoisotopic (exact) mass is 330 g/mol. The lowest BCUT2D eigenvalue weighted by Crippen LogP contribution is -2.36. The molecule has 0 rings (SSSR count). The van der Waals surface area contributed by atoms with Gasteiger partial charge in [-0.2, -0.15) is 0 Å². The molecule has 23 heavy (non-hydrogen) atoms. The molecule has 3 N–H and O–H groups in total. The lowest BCUT2D eigenvalue weighted by Gasteiger charge is -2.21. The first-order valence-corrected chi connectivity index (χ1v) is 8.69. The van der Waals surface area contributed by atoms with Crippen molar-refractivity contribution in [2.75, 3.05) is 26.3 Å². The largest absolute Gasteiger partial charge is 0.466 e. The highest BCUT2D eigenvalue weighted by Gasteiger charge is 2.15. The third-order valence-electron chi connectivity index (χ3n) is 3.64. The number of carbonyl (C=O) groups is 2. The molecule has 136 valence electrons. The number of esters is 1. The van der Waals surface area contributed by atoms with Crippen LogP contribution in [-0.2, 0) is 9.53 Å². The zero-order chi connectivity index (χ0) is 17.6. The van der Waals surface area contributed by atoms with E-state index < -0.39 is 0 Å². The summed E-state index contributed by atoms with van der Waals surface area (Å²) in [5, 5.41) is 14.8. The number of aliphatic hydroxyl groups is 1. The molecule has 6 nitrogen and oxygen atoms in total. The summed E-state index contributed by atoms with van der Waals surface area (Å²) in [7, 11) is 0. The minimum Gasteiger partial charge on any atom is -0.466 e. The molecular formula is C17H34N2O4. The topological polar surface area (TPSA) is 87.7 Å². The summed E-state index contributed by atoms with van der Waals surface area (Å²) >= 11 is 0. The second kappa shape index (κ2) is 13.2. The third kappa shape index (κ3) is 14.0. The van der Waals surface area contributed by atoms with E-state index in [4.69, 9.17) is 9.84 Å². The first-order valence-electron chi connectivity index (χ1n) is 8.69. The van der Waals surface area contributed by atoms with Crippen molar-refractivity contribution in [1.29, 1.82) is 0 Å². The van der Waals surface area contributed by atoms with Gasteiger partial charge in [-0.15, -0.1) is 0 Å². The summed E-state index contributed by atoms with van der Waals surface area (Å²) in [6.07, 6.45) is 5.85. The first kappa shape index (κ1) is 21.7. The van der Waals surface area contributed by atoms with Gasteiger partial charge < -0.3 is 20.5 Å². The van der Waals surface area contributed by atoms with Crippen molar-refractivity contribution in [2.45, 2.75) is 65.7 Å². The van der Waals surface area contributed by atoms with Gasteiger partial charge in [-0.05, 0) is 38.0 Å². The molecule has 0 radical (unpaired) electrons. The van der Waals surface area contributed by atoms with E-state index in [1.165, 1.54) is 0 Å². The molecule has 0 fully saturated rings. The molecule has 0 aliphatic carbocycles. The number of rotatable bonds is 13. The smallest absolute Gasteiger partial charge is 0.314 e. The van der Waals surface area contributed by atoms with Gasteiger partial charge in [-0.25, -0.2) is 4.79 Å². The predicted molar refractivity (Wildman–Crippen MR) is 91.2 cm³/mol. The molecule has 0 spiro atoms. The summed E-state index contributed by atoms with van der Waals surface area (Å²) in [5.74, 6) is -0.150. The van der Waals surface area contributed by atoms with Crippen molar-refractivity contribution in [3.63, 3.8) is 0 Å². The van der Waals surface area contributed by atoms with Crippen LogP contribution in [0.5, 0.6) is 0 Å². The van der Waals surface area contributed by atoms with Crippen LogP contribution >= 0.6 is 0 Å². The zero-order valence-electron chi connectivity index (χ0n) is 15.0. The number of amides is 2. The second-order valence-corrected chi connectivity index (χ2v) is 6.58. The van der Waals surface area contributed by atoms with Gasteiger partial charge in [0, 0.05) is 26.1 Å². The Kier molecular flexibility index (Phi) is 12.4. The number of hydrogen-bond acceptors (Lipinski definition) is 4. The number of carbonyl (C=O) groups excluding carboxylic acids is 2. The molecule has 0 saturated heterocycles. The summed E-state index contributed by atoms with van der Waals surface area (Å²) in [4.78, 5) is 22.7. The van der Waals surface area contributed by atoms with Crippen LogP contribution in [0.25, 0.3) is 0 Å². The molecule has 0 aromatic carbocycles. The van der Waals surface area contributed by atoms with Crippen molar-refractivity contribution < 1.29 is 19.4 Å². The van der Waals surface area contributed by atoms with Gasteiger partial charge in [-0.1, -0.05) is 26.7 Å². The molecule has 0 saturated carbocycles. The normalized spacial score (nSPS) is 11.1. The Morgan fingerprint density at radius 2 is 1.61 bits per heavy atom. The molecule has 0 aliphatic heterocycles. The van der Waals surface area contributed by atoms with E-state index in [0.29, 0.717) is 26.1 Å². The van der Waals surface area contributed by atoms with Crippen molar-refractivity contribution in [3.8, 4) is 0 Å². The molecule has 0 aromatic rings. The summed E-state index contributed by atoms with van der Waals surface area (Å²) in [6.45, 7) is 7.76. The molecule has 6 heteroatoms. The highest BCUT2D eigenvalue weighted by molar-refractivity contribution is 5.73. The molecule has 0 aromatic heterocycles. The van der Waals surface area contributed by atoms with Crippen LogP contribution in [0.15, 0.2) is 0 Å². The average Bonchev–Trinajstić information content (AvgIpc) is 2.50. The molecular weight excluding hydrogens is 296 g/mol. The van der Waals surface area contributed by atoms with Crippen LogP contribution in [0.2, 0.25) is 0 Å². The SMILES string of the molecule is CCOC(=O)CCCCCNC(=O)NCCCCC(C)(C)CO. The summed E-state index contributed by atoms with van der Waals surface area (Å²) < 4.78 is 4.85. The fourth-order valence-corrected chi connectivity index (χ4v) is 2.08. The number of hydrogen-bond donors (Lipinski definition) is 3. The summed E-state index contributed by atoms with van der Waals surface area (Å²) in [5.41, 5.74) is -0.0359. The minimum atomic E-state index is -0.150. The third-order valence-corrected chi connectivity index (χ3v) is 3.64. The number of aliphatic hydroxyl groups excluding tert-OH is 1. The Morgan fingerprint density at radius 1 is 1.00 bits per heavy atom. The fourth-order valence-electron chi connectivity index (χ4n) is 2.08. The maximum absolute atomic E-state index is 11.5. The van der Waals surface area contributed by atoms with Gasteiger partial charge in [0.15, 0.2) is 0 Å². The number of nitrogens with one attached hydrogen (secondary N) is 2. The van der Waals surface area contributed by atoms with Gasteiger partial charge in [0.1, 0.15) is 0 Å². The van der Waals surface area contributed by atoms with Crippen LogP contribution in [0.3, 0.4) is 0 Å². The second-order valence-electron chi connectivity index (χ2n) is 6.58. The summed E-state index contributed by atoms with van der Waals surface area (Å²) in [6, 6.07) is -0.142. The number of unbranched alkanes of at least 4 members (excludes halogenated alkanes) is 3. The van der Waals surface area contributed by atoms with Crippen molar-refractivity contribution in [1.82, 2.24) is 10.6 Å². The molecule has 0 atom stereocenters. The quantitative estimate of drug-likeness (QED) is 0.358. The maximum Gasteiger partial charge on any atom is 0.314 e. The fraction of sp³-hybridized carbons (Fsp3) is 0.882. The van der Waals surface area contributed by atoms with Crippen molar-refractivity contribution in [2.24, 2.45) is 5.41 Å². The highest BCUT2D eigenvalue weighted by atomic mass is 16.5. The average molecular weight is 330 g/mol. The molecule has 0 unspecified atom stereocenters. The van der Waals surface area contributed by atoms with Crippen LogP contribution in [0.1, 0.15) is 65.7 Å². The van der Waals surface area contributed by atoms with Gasteiger partial charge in [0.2, 0.25) is 0 Å². The van der Waals surface area contributed by atoms with E-state index in [1.54, 1.807) is 6.92 Å². The number of urea groups is 1. The Balaban J connectivity index is 3.39. The molecule has 0 bridgehead atoms. The minimum absolute atomic E-state index is 0.0359. The first-order chi connectivity index (χ1) is 10.9. The van der Waals surface area contributed by atoms with Gasteiger partial charge in [0.25, 0.3) is 0 Å². The van der Waals surface area contributed by atoms with Gasteiger partial charge in [0.05, 0.1) is 6.61 Å². The Hall–Kier alpha value is -1.30. The lowest BCUT2D eigenvalue weighted by molar-refractivity contribution is -0.143. The van der Waals surface area contributed by atoms with Crippen LogP contribution in [-0.4, -0.2) is 43.4 Å². The van der Waals surface area contributed by atoms with E-state index in [-0.39, 0.29) is 24.0 Å². The Bertz CT molecular complexity index is 333. The van der Waals surface area contributed by atoms with E-state index >= 15 is 0 Å². The maximum atomic E-state index is 11.5. The van der Waals surface area contributed by atoms with E-state index in [0.717, 1.165) is 38.5 Å².